The number of nitrogens with one attached hydrogen (secondary N) is 3. The predicted octanol–water partition coefficient (Wildman–Crippen LogP) is 2.88. The Balaban J connectivity index is 0.00000312. The van der Waals surface area contributed by atoms with Gasteiger partial charge >= 0.3 is 0 Å². The topological polar surface area (TPSA) is 65.5 Å². The molecule has 7 heteroatoms. The summed E-state index contributed by atoms with van der Waals surface area (Å²) < 4.78 is 0.268. The lowest BCUT2D eigenvalue weighted by atomic mass is 10.1. The van der Waals surface area contributed by atoms with Gasteiger partial charge in [-0.15, -0.1) is 24.0 Å². The molecule has 1 unspecified atom stereocenters. The van der Waals surface area contributed by atoms with Crippen molar-refractivity contribution in [1.29, 1.82) is 0 Å². The molecule has 0 spiro atoms. The molecular formula is C18H29IN4OS. The molecule has 5 nitrogen and oxygen atoms in total. The lowest BCUT2D eigenvalue weighted by molar-refractivity contribution is 0.0954. The Morgan fingerprint density at radius 1 is 1.20 bits per heavy atom. The van der Waals surface area contributed by atoms with E-state index < -0.39 is 0 Å². The van der Waals surface area contributed by atoms with Crippen molar-refractivity contribution in [1.82, 2.24) is 16.0 Å². The average molecular weight is 476 g/mol. The Hall–Kier alpha value is -0.960. The van der Waals surface area contributed by atoms with Crippen LogP contribution in [0.25, 0.3) is 0 Å². The first-order valence-corrected chi connectivity index (χ1v) is 9.61. The van der Waals surface area contributed by atoms with Crippen molar-refractivity contribution in [2.45, 2.75) is 31.4 Å². The molecule has 1 aliphatic rings. The Bertz CT molecular complexity index is 547. The Morgan fingerprint density at radius 3 is 2.56 bits per heavy atom. The summed E-state index contributed by atoms with van der Waals surface area (Å²) in [5.74, 6) is 2.01. The van der Waals surface area contributed by atoms with Crippen LogP contribution in [0, 0.1) is 0 Å². The number of rotatable bonds is 7. The minimum absolute atomic E-state index is 0. The molecule has 3 N–H and O–H groups in total. The van der Waals surface area contributed by atoms with Crippen LogP contribution < -0.4 is 16.0 Å². The highest BCUT2D eigenvalue weighted by atomic mass is 127. The number of nitrogens with zero attached hydrogens (tertiary/aromatic N) is 1. The summed E-state index contributed by atoms with van der Waals surface area (Å²) in [4.78, 5) is 16.7. The molecule has 0 radical (unpaired) electrons. The van der Waals surface area contributed by atoms with Crippen molar-refractivity contribution in [3.8, 4) is 0 Å². The summed E-state index contributed by atoms with van der Waals surface area (Å²) in [5, 5.41) is 9.46. The van der Waals surface area contributed by atoms with Crippen molar-refractivity contribution in [3.63, 3.8) is 0 Å². The number of guanidine groups is 1. The maximum absolute atomic E-state index is 12.0. The Labute approximate surface area is 172 Å². The minimum Gasteiger partial charge on any atom is -0.357 e. The van der Waals surface area contributed by atoms with Crippen LogP contribution in [0.5, 0.6) is 0 Å². The number of halogens is 1. The zero-order chi connectivity index (χ0) is 17.3. The van der Waals surface area contributed by atoms with Gasteiger partial charge in [-0.3, -0.25) is 9.79 Å². The van der Waals surface area contributed by atoms with Gasteiger partial charge in [-0.2, -0.15) is 11.8 Å². The molecule has 2 rings (SSSR count). The molecule has 1 aliphatic heterocycles. The van der Waals surface area contributed by atoms with E-state index in [9.17, 15) is 4.79 Å². The first-order chi connectivity index (χ1) is 11.6. The molecule has 1 heterocycles. The first-order valence-electron chi connectivity index (χ1n) is 8.62. The van der Waals surface area contributed by atoms with Crippen LogP contribution in [0.4, 0.5) is 0 Å². The average Bonchev–Trinajstić information content (AvgIpc) is 3.04. The van der Waals surface area contributed by atoms with E-state index in [4.69, 9.17) is 4.99 Å². The van der Waals surface area contributed by atoms with Gasteiger partial charge in [0, 0.05) is 29.9 Å². The number of thioether (sulfide) groups is 1. The smallest absolute Gasteiger partial charge is 0.251 e. The number of carbonyl (C=O) groups excluding carboxylic acids is 1. The van der Waals surface area contributed by atoms with E-state index in [0.29, 0.717) is 18.7 Å². The molecule has 25 heavy (non-hydrogen) atoms. The van der Waals surface area contributed by atoms with E-state index in [1.54, 1.807) is 0 Å². The van der Waals surface area contributed by atoms with E-state index >= 15 is 0 Å². The van der Waals surface area contributed by atoms with Gasteiger partial charge in [0.2, 0.25) is 0 Å². The van der Waals surface area contributed by atoms with E-state index in [-0.39, 0.29) is 34.6 Å². The van der Waals surface area contributed by atoms with Gasteiger partial charge in [-0.05, 0) is 44.6 Å². The summed E-state index contributed by atoms with van der Waals surface area (Å²) in [6.45, 7) is 7.20. The number of hydrogen-bond acceptors (Lipinski definition) is 3. The number of hydrogen-bond donors (Lipinski definition) is 3. The van der Waals surface area contributed by atoms with Gasteiger partial charge in [-0.1, -0.05) is 18.2 Å². The number of carbonyl (C=O) groups is 1. The zero-order valence-corrected chi connectivity index (χ0v) is 18.2. The summed E-state index contributed by atoms with van der Waals surface area (Å²) in [5.41, 5.74) is 0.684. The molecule has 0 saturated carbocycles. The highest BCUT2D eigenvalue weighted by Gasteiger charge is 2.29. The third kappa shape index (κ3) is 7.85. The molecule has 140 valence electrons. The molecule has 1 atom stereocenters. The lowest BCUT2D eigenvalue weighted by Crippen LogP contribution is -2.42. The van der Waals surface area contributed by atoms with Crippen LogP contribution in [-0.4, -0.2) is 48.5 Å². The Kier molecular flexibility index (Phi) is 10.3. The van der Waals surface area contributed by atoms with E-state index in [1.165, 1.54) is 18.6 Å². The van der Waals surface area contributed by atoms with Crippen LogP contribution >= 0.6 is 35.7 Å². The number of benzene rings is 1. The largest absolute Gasteiger partial charge is 0.357 e. The standard InChI is InChI=1S/C18H28N4OS.HI/c1-3-19-17(22-14-18(2)10-7-13-24-18)21-12-11-20-16(23)15-8-5-4-6-9-15;/h4-6,8-9H,3,7,10-14H2,1-2H3,(H,20,23)(H2,19,21,22);1H. The maximum atomic E-state index is 12.0. The summed E-state index contributed by atoms with van der Waals surface area (Å²) in [7, 11) is 0. The fourth-order valence-electron chi connectivity index (χ4n) is 2.60. The van der Waals surface area contributed by atoms with Crippen LogP contribution in [-0.2, 0) is 0 Å². The van der Waals surface area contributed by atoms with E-state index in [2.05, 4.69) is 29.8 Å². The Morgan fingerprint density at radius 2 is 1.92 bits per heavy atom. The SMILES string of the molecule is CCNC(=NCC1(C)CCCS1)NCCNC(=O)c1ccccc1.I. The second-order valence-corrected chi connectivity index (χ2v) is 7.83. The maximum Gasteiger partial charge on any atom is 0.251 e. The third-order valence-electron chi connectivity index (χ3n) is 3.96. The molecule has 0 aromatic heterocycles. The van der Waals surface area contributed by atoms with Gasteiger partial charge < -0.3 is 16.0 Å². The highest BCUT2D eigenvalue weighted by Crippen LogP contribution is 2.37. The molecule has 1 aromatic rings. The fourth-order valence-corrected chi connectivity index (χ4v) is 3.82. The molecular weight excluding hydrogens is 447 g/mol. The van der Waals surface area contributed by atoms with E-state index in [0.717, 1.165) is 19.0 Å². The molecule has 1 saturated heterocycles. The fraction of sp³-hybridized carbons (Fsp3) is 0.556. The van der Waals surface area contributed by atoms with Crippen molar-refractivity contribution in [2.75, 3.05) is 31.9 Å². The van der Waals surface area contributed by atoms with Crippen LogP contribution in [0.2, 0.25) is 0 Å². The van der Waals surface area contributed by atoms with Gasteiger partial charge in [0.15, 0.2) is 5.96 Å². The monoisotopic (exact) mass is 476 g/mol. The molecule has 1 amide bonds. The second kappa shape index (κ2) is 11.6. The number of amides is 1. The van der Waals surface area contributed by atoms with Crippen molar-refractivity contribution < 1.29 is 4.79 Å². The van der Waals surface area contributed by atoms with Gasteiger partial charge in [-0.25, -0.2) is 0 Å². The molecule has 0 aliphatic carbocycles. The number of aliphatic imine (C=N–C) groups is 1. The quantitative estimate of drug-likeness (QED) is 0.245. The summed E-state index contributed by atoms with van der Waals surface area (Å²) in [6.07, 6.45) is 2.51. The van der Waals surface area contributed by atoms with Gasteiger partial charge in [0.05, 0.1) is 6.54 Å². The zero-order valence-electron chi connectivity index (χ0n) is 15.0. The predicted molar refractivity (Wildman–Crippen MR) is 118 cm³/mol. The summed E-state index contributed by atoms with van der Waals surface area (Å²) >= 11 is 2.01. The summed E-state index contributed by atoms with van der Waals surface area (Å²) in [6, 6.07) is 9.26. The van der Waals surface area contributed by atoms with Crippen molar-refractivity contribution in [3.05, 3.63) is 35.9 Å². The molecule has 0 bridgehead atoms. The molecule has 1 aromatic carbocycles. The van der Waals surface area contributed by atoms with Gasteiger partial charge in [0.1, 0.15) is 0 Å². The van der Waals surface area contributed by atoms with Crippen molar-refractivity contribution >= 4 is 47.6 Å². The van der Waals surface area contributed by atoms with E-state index in [1.807, 2.05) is 42.1 Å². The van der Waals surface area contributed by atoms with Crippen molar-refractivity contribution in [2.24, 2.45) is 4.99 Å². The normalized spacial score (nSPS) is 19.8. The first kappa shape index (κ1) is 22.1. The third-order valence-corrected chi connectivity index (χ3v) is 5.48. The second-order valence-electron chi connectivity index (χ2n) is 6.15. The lowest BCUT2D eigenvalue weighted by Gasteiger charge is -2.21. The molecule has 1 fully saturated rings. The van der Waals surface area contributed by atoms with Crippen LogP contribution in [0.1, 0.15) is 37.0 Å². The highest BCUT2D eigenvalue weighted by molar-refractivity contribution is 14.0. The van der Waals surface area contributed by atoms with Gasteiger partial charge in [0.25, 0.3) is 5.91 Å². The minimum atomic E-state index is -0.0470. The van der Waals surface area contributed by atoms with Crippen LogP contribution in [0.15, 0.2) is 35.3 Å². The van der Waals surface area contributed by atoms with Crippen LogP contribution in [0.3, 0.4) is 0 Å².